The van der Waals surface area contributed by atoms with Gasteiger partial charge < -0.3 is 5.32 Å². The van der Waals surface area contributed by atoms with E-state index in [1.54, 1.807) is 36.4 Å². The first kappa shape index (κ1) is 22.6. The molecule has 3 amide bonds. The normalized spacial score (nSPS) is 14.0. The Bertz CT molecular complexity index is 1080. The van der Waals surface area contributed by atoms with E-state index in [9.17, 15) is 22.8 Å². The van der Waals surface area contributed by atoms with Gasteiger partial charge in [0.15, 0.2) is 0 Å². The molecule has 3 rings (SSSR count). The molecule has 0 fully saturated rings. The third-order valence-corrected chi connectivity index (χ3v) is 6.43. The van der Waals surface area contributed by atoms with Crippen LogP contribution in [0.3, 0.4) is 0 Å². The summed E-state index contributed by atoms with van der Waals surface area (Å²) in [7, 11) is -3.72. The lowest BCUT2D eigenvalue weighted by atomic mass is 9.87. The maximum absolute atomic E-state index is 12.4. The number of hydrogen-bond donors (Lipinski definition) is 2. The smallest absolute Gasteiger partial charge is 0.262 e. The number of hydrogen-bond acceptors (Lipinski definition) is 5. The summed E-state index contributed by atoms with van der Waals surface area (Å²) in [4.78, 5) is 37.7. The Morgan fingerprint density at radius 1 is 0.903 bits per heavy atom. The third-order valence-electron chi connectivity index (χ3n) is 4.95. The van der Waals surface area contributed by atoms with E-state index in [2.05, 4.69) is 10.0 Å². The van der Waals surface area contributed by atoms with E-state index < -0.39 is 34.3 Å². The van der Waals surface area contributed by atoms with Gasteiger partial charge >= 0.3 is 0 Å². The van der Waals surface area contributed by atoms with Crippen molar-refractivity contribution in [3.8, 4) is 0 Å². The van der Waals surface area contributed by atoms with Gasteiger partial charge in [-0.1, -0.05) is 45.0 Å². The number of carbonyl (C=O) groups excluding carboxylic acids is 3. The minimum absolute atomic E-state index is 0.0152. The Labute approximate surface area is 181 Å². The van der Waals surface area contributed by atoms with Crippen LogP contribution < -0.4 is 10.0 Å². The summed E-state index contributed by atoms with van der Waals surface area (Å²) in [6.45, 7) is 5.68. The molecule has 9 heteroatoms. The lowest BCUT2D eigenvalue weighted by molar-refractivity contribution is -0.121. The summed E-state index contributed by atoms with van der Waals surface area (Å²) < 4.78 is 27.2. The maximum Gasteiger partial charge on any atom is 0.262 e. The van der Waals surface area contributed by atoms with Crippen LogP contribution in [0.4, 0.5) is 0 Å². The summed E-state index contributed by atoms with van der Waals surface area (Å²) in [5, 5.41) is 2.52. The van der Waals surface area contributed by atoms with Gasteiger partial charge in [-0.25, -0.2) is 13.1 Å². The predicted molar refractivity (Wildman–Crippen MR) is 115 cm³/mol. The highest BCUT2D eigenvalue weighted by atomic mass is 32.2. The van der Waals surface area contributed by atoms with Crippen LogP contribution in [0.25, 0.3) is 0 Å². The molecule has 2 N–H and O–H groups in total. The molecule has 1 heterocycles. The second-order valence-electron chi connectivity index (χ2n) is 8.26. The largest absolute Gasteiger partial charge is 0.353 e. The van der Waals surface area contributed by atoms with Crippen LogP contribution in [0, 0.1) is 0 Å². The van der Waals surface area contributed by atoms with Crippen molar-refractivity contribution >= 4 is 27.7 Å². The second kappa shape index (κ2) is 8.60. The zero-order valence-electron chi connectivity index (χ0n) is 17.6. The number of benzene rings is 2. The Kier molecular flexibility index (Phi) is 6.28. The van der Waals surface area contributed by atoms with Crippen LogP contribution in [0.1, 0.15) is 47.1 Å². The van der Waals surface area contributed by atoms with Gasteiger partial charge in [-0.15, -0.1) is 0 Å². The Morgan fingerprint density at radius 2 is 1.45 bits per heavy atom. The van der Waals surface area contributed by atoms with E-state index in [4.69, 9.17) is 0 Å². The van der Waals surface area contributed by atoms with Gasteiger partial charge in [-0.2, -0.15) is 0 Å². The zero-order valence-corrected chi connectivity index (χ0v) is 18.5. The average molecular weight is 444 g/mol. The van der Waals surface area contributed by atoms with Crippen LogP contribution in [-0.2, 0) is 20.2 Å². The molecule has 0 bridgehead atoms. The summed E-state index contributed by atoms with van der Waals surface area (Å²) in [5.74, 6) is -1.59. The van der Waals surface area contributed by atoms with Crippen LogP contribution in [0.2, 0.25) is 0 Å². The fourth-order valence-electron chi connectivity index (χ4n) is 3.19. The second-order valence-corrected chi connectivity index (χ2v) is 10.0. The molecule has 31 heavy (non-hydrogen) atoms. The molecule has 2 aromatic rings. The van der Waals surface area contributed by atoms with E-state index in [0.29, 0.717) is 0 Å². The van der Waals surface area contributed by atoms with Crippen molar-refractivity contribution < 1.29 is 22.8 Å². The van der Waals surface area contributed by atoms with Crippen molar-refractivity contribution in [3.63, 3.8) is 0 Å². The minimum Gasteiger partial charge on any atom is -0.353 e. The molecular weight excluding hydrogens is 418 g/mol. The molecule has 1 aliphatic rings. The Balaban J connectivity index is 1.49. The third kappa shape index (κ3) is 5.00. The Hall–Kier alpha value is -3.04. The minimum atomic E-state index is -3.72. The molecule has 164 valence electrons. The maximum atomic E-state index is 12.4. The van der Waals surface area contributed by atoms with Crippen LogP contribution in [-0.4, -0.2) is 50.7 Å². The molecule has 0 saturated carbocycles. The van der Waals surface area contributed by atoms with Crippen molar-refractivity contribution in [1.82, 2.24) is 14.9 Å². The monoisotopic (exact) mass is 443 g/mol. The molecule has 8 nitrogen and oxygen atoms in total. The number of imide groups is 1. The molecule has 1 aliphatic heterocycles. The molecular formula is C22H25N3O5S. The number of carbonyl (C=O) groups is 3. The fourth-order valence-corrected chi connectivity index (χ4v) is 4.22. The lowest BCUT2D eigenvalue weighted by Crippen LogP contribution is -2.42. The lowest BCUT2D eigenvalue weighted by Gasteiger charge is -2.19. The van der Waals surface area contributed by atoms with E-state index in [1.807, 2.05) is 20.8 Å². The quantitative estimate of drug-likeness (QED) is 0.499. The van der Waals surface area contributed by atoms with Gasteiger partial charge in [0.2, 0.25) is 15.9 Å². The first-order valence-corrected chi connectivity index (χ1v) is 11.3. The van der Waals surface area contributed by atoms with E-state index in [0.717, 1.165) is 10.5 Å². The molecule has 0 atom stereocenters. The summed E-state index contributed by atoms with van der Waals surface area (Å²) in [6, 6.07) is 13.0. The van der Waals surface area contributed by atoms with Gasteiger partial charge in [-0.05, 0) is 35.2 Å². The summed E-state index contributed by atoms with van der Waals surface area (Å²) in [5.41, 5.74) is 1.47. The van der Waals surface area contributed by atoms with Gasteiger partial charge in [0.05, 0.1) is 16.0 Å². The number of sulfonamides is 1. The van der Waals surface area contributed by atoms with Crippen LogP contribution in [0.15, 0.2) is 53.4 Å². The summed E-state index contributed by atoms with van der Waals surface area (Å²) >= 11 is 0. The molecule has 0 spiro atoms. The number of fused-ring (bicyclic) bond motifs is 1. The molecule has 0 aromatic heterocycles. The highest BCUT2D eigenvalue weighted by molar-refractivity contribution is 7.89. The number of rotatable bonds is 7. The van der Waals surface area contributed by atoms with Gasteiger partial charge in [0, 0.05) is 13.1 Å². The van der Waals surface area contributed by atoms with E-state index >= 15 is 0 Å². The van der Waals surface area contributed by atoms with Crippen molar-refractivity contribution in [3.05, 3.63) is 65.2 Å². The van der Waals surface area contributed by atoms with Crippen LogP contribution >= 0.6 is 0 Å². The van der Waals surface area contributed by atoms with Crippen molar-refractivity contribution in [2.45, 2.75) is 31.1 Å². The van der Waals surface area contributed by atoms with Crippen LogP contribution in [0.5, 0.6) is 0 Å². The molecule has 0 aliphatic carbocycles. The van der Waals surface area contributed by atoms with Crippen molar-refractivity contribution in [1.29, 1.82) is 0 Å². The highest BCUT2D eigenvalue weighted by Crippen LogP contribution is 2.23. The molecule has 2 aromatic carbocycles. The first-order chi connectivity index (χ1) is 14.5. The van der Waals surface area contributed by atoms with Gasteiger partial charge in [-0.3, -0.25) is 19.3 Å². The predicted octanol–water partition coefficient (Wildman–Crippen LogP) is 1.67. The highest BCUT2D eigenvalue weighted by Gasteiger charge is 2.36. The van der Waals surface area contributed by atoms with E-state index in [-0.39, 0.29) is 34.5 Å². The van der Waals surface area contributed by atoms with Crippen molar-refractivity contribution in [2.75, 3.05) is 19.6 Å². The first-order valence-electron chi connectivity index (χ1n) is 9.83. The molecule has 0 unspecified atom stereocenters. The number of nitrogens with one attached hydrogen (secondary N) is 2. The van der Waals surface area contributed by atoms with Gasteiger partial charge in [0.25, 0.3) is 11.8 Å². The van der Waals surface area contributed by atoms with Crippen molar-refractivity contribution in [2.24, 2.45) is 0 Å². The topological polar surface area (TPSA) is 113 Å². The zero-order chi connectivity index (χ0) is 22.8. The summed E-state index contributed by atoms with van der Waals surface area (Å²) in [6.07, 6.45) is 0. The fraction of sp³-hybridized carbons (Fsp3) is 0.318. The number of nitrogens with zero attached hydrogens (tertiary/aromatic N) is 1. The number of amides is 3. The van der Waals surface area contributed by atoms with Gasteiger partial charge in [0.1, 0.15) is 6.54 Å². The molecule has 0 saturated heterocycles. The standard InChI is InChI=1S/C22H25N3O5S/c1-22(2,3)15-8-10-16(11-9-15)31(29,30)24-13-12-23-19(26)14-25-20(27)17-6-4-5-7-18(17)21(25)28/h4-11,24H,12-14H2,1-3H3,(H,23,26). The average Bonchev–Trinajstić information content (AvgIpc) is 2.96. The molecule has 0 radical (unpaired) electrons. The van der Waals surface area contributed by atoms with E-state index in [1.165, 1.54) is 12.1 Å². The Morgan fingerprint density at radius 3 is 1.97 bits per heavy atom. The SMILES string of the molecule is CC(C)(C)c1ccc(S(=O)(=O)NCCNC(=O)CN2C(=O)c3ccccc3C2=O)cc1.